The van der Waals surface area contributed by atoms with Crippen LogP contribution in [-0.4, -0.2) is 28.3 Å². The van der Waals surface area contributed by atoms with Crippen molar-refractivity contribution in [2.75, 3.05) is 12.3 Å². The number of carbonyl (C=O) groups is 1. The molecular weight excluding hydrogens is 284 g/mol. The number of nitrogen functional groups attached to an aromatic ring is 1. The number of nitro benzene ring substituents is 1. The summed E-state index contributed by atoms with van der Waals surface area (Å²) in [6.07, 6.45) is 1.66. The molecule has 0 bridgehead atoms. The molecule has 7 nitrogen and oxygen atoms in total. The van der Waals surface area contributed by atoms with Crippen molar-refractivity contribution in [3.05, 3.63) is 33.9 Å². The molecule has 0 radical (unpaired) electrons. The minimum Gasteiger partial charge on any atom is -0.393 e. The Hall–Kier alpha value is -2.62. The third-order valence-electron chi connectivity index (χ3n) is 4.13. The van der Waals surface area contributed by atoms with Crippen molar-refractivity contribution in [3.63, 3.8) is 0 Å². The van der Waals surface area contributed by atoms with Crippen molar-refractivity contribution in [1.82, 2.24) is 4.90 Å². The lowest BCUT2D eigenvalue weighted by atomic mass is 9.77. The van der Waals surface area contributed by atoms with Crippen molar-refractivity contribution in [1.29, 1.82) is 5.26 Å². The van der Waals surface area contributed by atoms with E-state index >= 15 is 0 Å². The van der Waals surface area contributed by atoms with Crippen molar-refractivity contribution >= 4 is 17.3 Å². The number of nitro groups is 1. The molecule has 1 unspecified atom stereocenters. The highest BCUT2D eigenvalue weighted by atomic mass is 16.6. The van der Waals surface area contributed by atoms with Crippen LogP contribution >= 0.6 is 0 Å². The molecule has 1 heterocycles. The van der Waals surface area contributed by atoms with Crippen molar-refractivity contribution in [3.8, 4) is 6.07 Å². The van der Waals surface area contributed by atoms with E-state index in [1.54, 1.807) is 0 Å². The maximum atomic E-state index is 12.7. The molecule has 1 fully saturated rings. The minimum absolute atomic E-state index is 0.0114. The Morgan fingerprint density at radius 2 is 2.23 bits per heavy atom. The summed E-state index contributed by atoms with van der Waals surface area (Å²) >= 11 is 0. The largest absolute Gasteiger partial charge is 0.393 e. The van der Waals surface area contributed by atoms with E-state index in [4.69, 9.17) is 5.73 Å². The monoisotopic (exact) mass is 302 g/mol. The Morgan fingerprint density at radius 3 is 2.82 bits per heavy atom. The van der Waals surface area contributed by atoms with Crippen molar-refractivity contribution in [2.45, 2.75) is 32.7 Å². The smallest absolute Gasteiger partial charge is 0.292 e. The van der Waals surface area contributed by atoms with Gasteiger partial charge in [-0.3, -0.25) is 14.9 Å². The van der Waals surface area contributed by atoms with Gasteiger partial charge in [-0.05, 0) is 30.4 Å². The summed E-state index contributed by atoms with van der Waals surface area (Å²) in [5.41, 5.74) is 5.14. The third kappa shape index (κ3) is 2.72. The Kier molecular flexibility index (Phi) is 4.04. The first kappa shape index (κ1) is 15.8. The van der Waals surface area contributed by atoms with Crippen molar-refractivity contribution < 1.29 is 9.72 Å². The number of benzene rings is 1. The van der Waals surface area contributed by atoms with E-state index in [2.05, 4.69) is 6.07 Å². The van der Waals surface area contributed by atoms with Gasteiger partial charge in [-0.2, -0.15) is 5.26 Å². The third-order valence-corrected chi connectivity index (χ3v) is 4.13. The van der Waals surface area contributed by atoms with E-state index in [-0.39, 0.29) is 28.3 Å². The normalized spacial score (nSPS) is 20.2. The number of anilines is 1. The van der Waals surface area contributed by atoms with Gasteiger partial charge in [0.25, 0.3) is 11.6 Å². The topological polar surface area (TPSA) is 113 Å². The van der Waals surface area contributed by atoms with Gasteiger partial charge in [0.15, 0.2) is 0 Å². The quantitative estimate of drug-likeness (QED) is 0.511. The maximum absolute atomic E-state index is 12.7. The average Bonchev–Trinajstić information content (AvgIpc) is 2.45. The first-order valence-electron chi connectivity index (χ1n) is 7.02. The Balaban J connectivity index is 2.37. The van der Waals surface area contributed by atoms with Gasteiger partial charge in [-0.1, -0.05) is 13.8 Å². The molecule has 1 aliphatic heterocycles. The number of likely N-dealkylation sites (tertiary alicyclic amines) is 1. The van der Waals surface area contributed by atoms with Gasteiger partial charge in [-0.15, -0.1) is 0 Å². The Labute approximate surface area is 128 Å². The highest BCUT2D eigenvalue weighted by Gasteiger charge is 2.40. The van der Waals surface area contributed by atoms with Gasteiger partial charge in [0.1, 0.15) is 11.7 Å². The Morgan fingerprint density at radius 1 is 1.55 bits per heavy atom. The zero-order valence-corrected chi connectivity index (χ0v) is 12.6. The molecule has 1 aromatic rings. The van der Waals surface area contributed by atoms with Crippen LogP contribution in [0.3, 0.4) is 0 Å². The molecule has 1 aromatic carbocycles. The fraction of sp³-hybridized carbons (Fsp3) is 0.467. The minimum atomic E-state index is -0.617. The number of piperidine rings is 1. The van der Waals surface area contributed by atoms with Crippen LogP contribution < -0.4 is 5.73 Å². The number of nitrogens with two attached hydrogens (primary N) is 1. The first-order chi connectivity index (χ1) is 10.3. The molecule has 2 N–H and O–H groups in total. The second-order valence-corrected chi connectivity index (χ2v) is 6.15. The zero-order chi connectivity index (χ0) is 16.5. The number of hydrogen-bond acceptors (Lipinski definition) is 5. The predicted molar refractivity (Wildman–Crippen MR) is 81.0 cm³/mol. The molecule has 7 heteroatoms. The van der Waals surface area contributed by atoms with E-state index < -0.39 is 11.0 Å². The summed E-state index contributed by atoms with van der Waals surface area (Å²) in [7, 11) is 0. The number of nitriles is 1. The molecule has 0 spiro atoms. The lowest BCUT2D eigenvalue weighted by Gasteiger charge is -2.42. The molecule has 0 aromatic heterocycles. The highest BCUT2D eigenvalue weighted by Crippen LogP contribution is 2.36. The van der Waals surface area contributed by atoms with Gasteiger partial charge < -0.3 is 10.6 Å². The fourth-order valence-corrected chi connectivity index (χ4v) is 2.86. The average molecular weight is 302 g/mol. The van der Waals surface area contributed by atoms with Gasteiger partial charge in [-0.25, -0.2) is 0 Å². The summed E-state index contributed by atoms with van der Waals surface area (Å²) in [4.78, 5) is 24.5. The van der Waals surface area contributed by atoms with Crippen molar-refractivity contribution in [2.24, 2.45) is 5.41 Å². The van der Waals surface area contributed by atoms with Gasteiger partial charge in [0, 0.05) is 18.2 Å². The number of carbonyl (C=O) groups excluding carboxylic acids is 1. The summed E-state index contributed by atoms with van der Waals surface area (Å²) in [5.74, 6) is -0.373. The summed E-state index contributed by atoms with van der Waals surface area (Å²) in [6, 6.07) is 5.62. The van der Waals surface area contributed by atoms with Crippen LogP contribution in [0.2, 0.25) is 0 Å². The fourth-order valence-electron chi connectivity index (χ4n) is 2.86. The van der Waals surface area contributed by atoms with E-state index in [0.717, 1.165) is 12.8 Å². The molecule has 1 atom stereocenters. The lowest BCUT2D eigenvalue weighted by molar-refractivity contribution is -0.383. The summed E-state index contributed by atoms with van der Waals surface area (Å²) in [6.45, 7) is 4.37. The van der Waals surface area contributed by atoms with Crippen LogP contribution in [0.1, 0.15) is 37.0 Å². The number of hydrogen-bond donors (Lipinski definition) is 1. The van der Waals surface area contributed by atoms with Crippen LogP contribution in [0, 0.1) is 26.9 Å². The number of nitrogens with zero attached hydrogens (tertiary/aromatic N) is 3. The van der Waals surface area contributed by atoms with E-state index in [1.165, 1.54) is 23.1 Å². The molecule has 0 aliphatic carbocycles. The number of amides is 1. The second kappa shape index (κ2) is 5.64. The molecular formula is C15H18N4O3. The van der Waals surface area contributed by atoms with Gasteiger partial charge in [0.2, 0.25) is 0 Å². The molecule has 22 heavy (non-hydrogen) atoms. The van der Waals surface area contributed by atoms with Crippen LogP contribution in [0.15, 0.2) is 18.2 Å². The highest BCUT2D eigenvalue weighted by molar-refractivity contribution is 5.96. The molecule has 1 amide bonds. The standard InChI is InChI=1S/C15H18N4O3/c1-15(2)6-3-7-18(13(15)9-16)14(20)10-4-5-11(17)12(8-10)19(21)22/h4-5,8,13H,3,6-7,17H2,1-2H3. The van der Waals surface area contributed by atoms with Crippen LogP contribution in [0.5, 0.6) is 0 Å². The second-order valence-electron chi connectivity index (χ2n) is 6.15. The van der Waals surface area contributed by atoms with Crippen LogP contribution in [0.4, 0.5) is 11.4 Å². The first-order valence-corrected chi connectivity index (χ1v) is 7.02. The van der Waals surface area contributed by atoms with E-state index in [9.17, 15) is 20.2 Å². The molecule has 1 saturated heterocycles. The maximum Gasteiger partial charge on any atom is 0.292 e. The summed E-state index contributed by atoms with van der Waals surface area (Å²) < 4.78 is 0. The van der Waals surface area contributed by atoms with Crippen LogP contribution in [0.25, 0.3) is 0 Å². The number of rotatable bonds is 2. The van der Waals surface area contributed by atoms with E-state index in [0.29, 0.717) is 6.54 Å². The zero-order valence-electron chi connectivity index (χ0n) is 12.6. The van der Waals surface area contributed by atoms with E-state index in [1.807, 2.05) is 13.8 Å². The predicted octanol–water partition coefficient (Wildman–Crippen LogP) is 2.33. The van der Waals surface area contributed by atoms with Gasteiger partial charge >= 0.3 is 0 Å². The molecule has 0 saturated carbocycles. The van der Waals surface area contributed by atoms with Gasteiger partial charge in [0.05, 0.1) is 11.0 Å². The SMILES string of the molecule is CC1(C)CCCN(C(=O)c2ccc(N)c([N+](=O)[O-])c2)C1C#N. The molecule has 116 valence electrons. The lowest BCUT2D eigenvalue weighted by Crippen LogP contribution is -2.51. The van der Waals surface area contributed by atoms with Crippen LogP contribution in [-0.2, 0) is 0 Å². The summed E-state index contributed by atoms with van der Waals surface area (Å²) in [5, 5.41) is 20.4. The molecule has 1 aliphatic rings. The molecule has 2 rings (SSSR count). The Bertz CT molecular complexity index is 663.